The fraction of sp³-hybridized carbons (Fsp3) is 0.577. The van der Waals surface area contributed by atoms with Gasteiger partial charge >= 0.3 is 5.97 Å². The molecule has 1 saturated heterocycles. The Kier molecular flexibility index (Phi) is 7.83. The largest absolute Gasteiger partial charge is 0.478 e. The molecule has 1 aromatic carbocycles. The zero-order chi connectivity index (χ0) is 26.9. The summed E-state index contributed by atoms with van der Waals surface area (Å²) in [7, 11) is -3.15. The van der Waals surface area contributed by atoms with Crippen LogP contribution >= 0.6 is 0 Å². The average molecular weight is 547 g/mol. The van der Waals surface area contributed by atoms with Crippen LogP contribution in [-0.4, -0.2) is 85.4 Å². The van der Waals surface area contributed by atoms with Gasteiger partial charge in [-0.05, 0) is 62.6 Å². The molecule has 10 nitrogen and oxygen atoms in total. The first-order valence-electron chi connectivity index (χ1n) is 13.2. The molecule has 2 fully saturated rings. The van der Waals surface area contributed by atoms with Crippen LogP contribution in [0.5, 0.6) is 0 Å². The lowest BCUT2D eigenvalue weighted by Crippen LogP contribution is -2.50. The second-order valence-corrected chi connectivity index (χ2v) is 12.5. The van der Waals surface area contributed by atoms with E-state index in [-0.39, 0.29) is 11.6 Å². The number of nitrogens with zero attached hydrogens (tertiary/aromatic N) is 5. The van der Waals surface area contributed by atoms with Crippen LogP contribution in [0.3, 0.4) is 0 Å². The van der Waals surface area contributed by atoms with E-state index in [1.807, 2.05) is 4.90 Å². The highest BCUT2D eigenvalue weighted by Gasteiger charge is 2.34. The van der Waals surface area contributed by atoms with Gasteiger partial charge in [0.05, 0.1) is 23.7 Å². The van der Waals surface area contributed by atoms with Gasteiger partial charge in [0.2, 0.25) is 10.0 Å². The number of carboxylic acids is 1. The number of carboxylic acid groups (broad SMARTS) is 1. The van der Waals surface area contributed by atoms with Crippen LogP contribution < -0.4 is 14.5 Å². The summed E-state index contributed by atoms with van der Waals surface area (Å²) in [6.45, 7) is 4.27. The minimum Gasteiger partial charge on any atom is -0.478 e. The van der Waals surface area contributed by atoms with Gasteiger partial charge in [0.25, 0.3) is 0 Å². The third-order valence-electron chi connectivity index (χ3n) is 8.02. The Labute approximate surface area is 222 Å². The molecular formula is C26H35FN6O4S. The van der Waals surface area contributed by atoms with E-state index < -0.39 is 21.8 Å². The zero-order valence-corrected chi connectivity index (χ0v) is 22.4. The minimum absolute atomic E-state index is 0.0641. The molecule has 0 unspecified atom stereocenters. The molecule has 0 atom stereocenters. The summed E-state index contributed by atoms with van der Waals surface area (Å²) in [5.41, 5.74) is 1.09. The van der Waals surface area contributed by atoms with Gasteiger partial charge in [-0.1, -0.05) is 0 Å². The summed E-state index contributed by atoms with van der Waals surface area (Å²) in [6, 6.07) is 4.23. The molecule has 0 radical (unpaired) electrons. The summed E-state index contributed by atoms with van der Waals surface area (Å²) >= 11 is 0. The summed E-state index contributed by atoms with van der Waals surface area (Å²) in [5.74, 6) is -0.380. The molecule has 2 N–H and O–H groups in total. The molecule has 0 spiro atoms. The van der Waals surface area contributed by atoms with Gasteiger partial charge < -0.3 is 19.8 Å². The van der Waals surface area contributed by atoms with Crippen molar-refractivity contribution in [3.8, 4) is 0 Å². The molecular weight excluding hydrogens is 511 g/mol. The third-order valence-corrected chi connectivity index (χ3v) is 8.78. The highest BCUT2D eigenvalue weighted by atomic mass is 32.2. The Morgan fingerprint density at radius 3 is 2.50 bits per heavy atom. The van der Waals surface area contributed by atoms with Gasteiger partial charge in [0.1, 0.15) is 17.8 Å². The number of carbonyl (C=O) groups is 1. The summed E-state index contributed by atoms with van der Waals surface area (Å²) < 4.78 is 39.6. The number of piperidine rings is 1. The van der Waals surface area contributed by atoms with E-state index in [2.05, 4.69) is 24.5 Å². The van der Waals surface area contributed by atoms with Crippen molar-refractivity contribution in [1.29, 1.82) is 0 Å². The van der Waals surface area contributed by atoms with Gasteiger partial charge in [-0.3, -0.25) is 0 Å². The molecule has 2 aromatic rings. The van der Waals surface area contributed by atoms with Crippen LogP contribution in [0.4, 0.5) is 21.6 Å². The number of aromatic carboxylic acids is 1. The maximum Gasteiger partial charge on any atom is 0.337 e. The van der Waals surface area contributed by atoms with Crippen molar-refractivity contribution in [3.05, 3.63) is 42.1 Å². The van der Waals surface area contributed by atoms with Crippen molar-refractivity contribution in [3.63, 3.8) is 0 Å². The number of aromatic nitrogens is 2. The van der Waals surface area contributed by atoms with Crippen molar-refractivity contribution in [2.24, 2.45) is 5.92 Å². The quantitative estimate of drug-likeness (QED) is 0.540. The van der Waals surface area contributed by atoms with Crippen LogP contribution in [-0.2, 0) is 10.0 Å². The number of rotatable bonds is 7. The van der Waals surface area contributed by atoms with Crippen LogP contribution in [0.25, 0.3) is 0 Å². The Bertz CT molecular complexity index is 1260. The van der Waals surface area contributed by atoms with E-state index in [0.29, 0.717) is 30.7 Å². The summed E-state index contributed by atoms with van der Waals surface area (Å²) in [6.07, 6.45) is 10.3. The van der Waals surface area contributed by atoms with E-state index in [1.165, 1.54) is 24.7 Å². The molecule has 2 aliphatic heterocycles. The highest BCUT2D eigenvalue weighted by Crippen LogP contribution is 2.39. The first-order chi connectivity index (χ1) is 18.2. The fourth-order valence-electron chi connectivity index (χ4n) is 6.23. The lowest BCUT2D eigenvalue weighted by molar-refractivity contribution is 0.0697. The summed E-state index contributed by atoms with van der Waals surface area (Å²) in [5, 5.41) is 9.66. The minimum atomic E-state index is -3.15. The van der Waals surface area contributed by atoms with Crippen molar-refractivity contribution in [2.45, 2.75) is 50.6 Å². The standard InChI is InChI=1S/C26H35FN6O4S/c1-38(36,37)30-20-5-2-18(3-6-20)16-31-10-8-21(9-11-31)32-12-13-33(24-15-28-17-29-25(24)32)23-7-4-19(27)14-22(23)26(34)35/h4,7,14-15,17-18,20-21,30H,2-3,5-6,8-13,16H2,1H3,(H,34,35)/t18-,20-. The van der Waals surface area contributed by atoms with E-state index >= 15 is 0 Å². The topological polar surface area (TPSA) is 119 Å². The molecule has 1 aliphatic carbocycles. The molecule has 0 bridgehead atoms. The highest BCUT2D eigenvalue weighted by molar-refractivity contribution is 7.88. The van der Waals surface area contributed by atoms with Crippen LogP contribution in [0, 0.1) is 11.7 Å². The first kappa shape index (κ1) is 26.8. The van der Waals surface area contributed by atoms with Gasteiger partial charge in [-0.2, -0.15) is 0 Å². The Morgan fingerprint density at radius 1 is 1.08 bits per heavy atom. The molecule has 3 aliphatic rings. The molecule has 3 heterocycles. The lowest BCUT2D eigenvalue weighted by Gasteiger charge is -2.45. The van der Waals surface area contributed by atoms with E-state index in [9.17, 15) is 22.7 Å². The van der Waals surface area contributed by atoms with Crippen molar-refractivity contribution < 1.29 is 22.7 Å². The Balaban J connectivity index is 1.21. The summed E-state index contributed by atoms with van der Waals surface area (Å²) in [4.78, 5) is 27.3. The van der Waals surface area contributed by atoms with Gasteiger partial charge in [-0.15, -0.1) is 0 Å². The van der Waals surface area contributed by atoms with Crippen LogP contribution in [0.1, 0.15) is 48.9 Å². The Morgan fingerprint density at radius 2 is 1.82 bits per heavy atom. The molecule has 1 saturated carbocycles. The maximum atomic E-state index is 13.8. The number of nitrogens with one attached hydrogen (secondary N) is 1. The molecule has 12 heteroatoms. The first-order valence-corrected chi connectivity index (χ1v) is 15.1. The van der Waals surface area contributed by atoms with Gasteiger partial charge in [0.15, 0.2) is 5.82 Å². The number of halogens is 1. The molecule has 5 rings (SSSR count). The normalized spacial score (nSPS) is 23.3. The SMILES string of the molecule is CS(=O)(=O)N[C@H]1CC[C@H](CN2CCC(N3CCN(c4ccc(F)cc4C(=O)O)c4cncnc43)CC2)CC1. The number of hydrogen-bond acceptors (Lipinski definition) is 8. The van der Waals surface area contributed by atoms with Crippen molar-refractivity contribution >= 4 is 33.2 Å². The molecule has 0 amide bonds. The monoisotopic (exact) mass is 546 g/mol. The van der Waals surface area contributed by atoms with Crippen LogP contribution in [0.15, 0.2) is 30.7 Å². The van der Waals surface area contributed by atoms with E-state index in [4.69, 9.17) is 0 Å². The predicted octanol–water partition coefficient (Wildman–Crippen LogP) is 2.84. The third kappa shape index (κ3) is 6.08. The van der Waals surface area contributed by atoms with Gasteiger partial charge in [-0.25, -0.2) is 32.3 Å². The van der Waals surface area contributed by atoms with Crippen molar-refractivity contribution in [2.75, 3.05) is 48.8 Å². The molecule has 206 valence electrons. The Hall–Kier alpha value is -2.83. The smallest absolute Gasteiger partial charge is 0.337 e. The second-order valence-electron chi connectivity index (χ2n) is 10.7. The number of likely N-dealkylation sites (tertiary alicyclic amines) is 1. The average Bonchev–Trinajstić information content (AvgIpc) is 2.89. The lowest BCUT2D eigenvalue weighted by atomic mass is 9.85. The van der Waals surface area contributed by atoms with Gasteiger partial charge in [0, 0.05) is 44.8 Å². The number of fused-ring (bicyclic) bond motifs is 1. The predicted molar refractivity (Wildman–Crippen MR) is 143 cm³/mol. The zero-order valence-electron chi connectivity index (χ0n) is 21.6. The maximum absolute atomic E-state index is 13.8. The molecule has 38 heavy (non-hydrogen) atoms. The number of anilines is 3. The fourth-order valence-corrected chi connectivity index (χ4v) is 7.07. The number of hydrogen-bond donors (Lipinski definition) is 2. The molecule has 1 aromatic heterocycles. The van der Waals surface area contributed by atoms with Crippen molar-refractivity contribution in [1.82, 2.24) is 19.6 Å². The van der Waals surface area contributed by atoms with Crippen LogP contribution in [0.2, 0.25) is 0 Å². The second kappa shape index (κ2) is 11.1. The van der Waals surface area contributed by atoms with E-state index in [1.54, 1.807) is 6.20 Å². The number of benzene rings is 1. The number of sulfonamides is 1. The van der Waals surface area contributed by atoms with E-state index in [0.717, 1.165) is 75.7 Å².